The molecule has 0 aliphatic carbocycles. The van der Waals surface area contributed by atoms with E-state index in [4.69, 9.17) is 0 Å². The number of amides is 3. The standard InChI is InChI=1S/C23H16F7N5O3/c1-31-22(38)20-33-19(34-21(37)9-4-10(23(28,29)30)6-12(25)5-9)17-16(32-15(36)8-35(17)20)14-7-11(24)2-3-13(14)18(26)27/h2-7,16,18H,8H2,1H3,(H,31,38)(H,32,36)(H,34,37). The molecule has 3 N–H and O–H groups in total. The third-order valence-corrected chi connectivity index (χ3v) is 5.63. The van der Waals surface area contributed by atoms with Crippen LogP contribution < -0.4 is 16.0 Å². The zero-order valence-corrected chi connectivity index (χ0v) is 19.1. The summed E-state index contributed by atoms with van der Waals surface area (Å²) in [5, 5.41) is 6.78. The Morgan fingerprint density at radius 2 is 1.79 bits per heavy atom. The number of fused-ring (bicyclic) bond motifs is 1. The minimum atomic E-state index is -4.98. The molecule has 3 aromatic rings. The summed E-state index contributed by atoms with van der Waals surface area (Å²) in [6.45, 7) is -0.561. The Kier molecular flexibility index (Phi) is 6.86. The van der Waals surface area contributed by atoms with E-state index in [0.29, 0.717) is 12.1 Å². The summed E-state index contributed by atoms with van der Waals surface area (Å²) in [5.41, 5.74) is -3.55. The Labute approximate surface area is 208 Å². The van der Waals surface area contributed by atoms with Crippen LogP contribution in [0.4, 0.5) is 36.6 Å². The van der Waals surface area contributed by atoms with E-state index in [9.17, 15) is 45.1 Å². The van der Waals surface area contributed by atoms with Crippen LogP contribution in [0.3, 0.4) is 0 Å². The van der Waals surface area contributed by atoms with Gasteiger partial charge in [0.2, 0.25) is 11.7 Å². The van der Waals surface area contributed by atoms with Gasteiger partial charge in [-0.2, -0.15) is 13.2 Å². The van der Waals surface area contributed by atoms with Crippen molar-refractivity contribution in [3.05, 3.63) is 81.8 Å². The summed E-state index contributed by atoms with van der Waals surface area (Å²) in [7, 11) is 1.22. The van der Waals surface area contributed by atoms with E-state index < -0.39 is 88.4 Å². The first kappa shape index (κ1) is 26.6. The van der Waals surface area contributed by atoms with Crippen LogP contribution in [-0.2, 0) is 17.5 Å². The highest BCUT2D eigenvalue weighted by Crippen LogP contribution is 2.37. The van der Waals surface area contributed by atoms with Crippen LogP contribution in [-0.4, -0.2) is 34.3 Å². The maximum Gasteiger partial charge on any atom is 0.416 e. The number of carbonyl (C=O) groups is 3. The third-order valence-electron chi connectivity index (χ3n) is 5.63. The smallest absolute Gasteiger partial charge is 0.352 e. The van der Waals surface area contributed by atoms with Gasteiger partial charge in [-0.15, -0.1) is 0 Å². The fourth-order valence-corrected chi connectivity index (χ4v) is 4.00. The lowest BCUT2D eigenvalue weighted by Gasteiger charge is -2.28. The average Bonchev–Trinajstić information content (AvgIpc) is 3.19. The van der Waals surface area contributed by atoms with Crippen molar-refractivity contribution in [3.8, 4) is 0 Å². The molecule has 1 aliphatic rings. The van der Waals surface area contributed by atoms with E-state index >= 15 is 0 Å². The van der Waals surface area contributed by atoms with Crippen molar-refractivity contribution in [1.82, 2.24) is 20.2 Å². The largest absolute Gasteiger partial charge is 0.416 e. The summed E-state index contributed by atoms with van der Waals surface area (Å²) in [6.07, 6.45) is -8.10. The summed E-state index contributed by atoms with van der Waals surface area (Å²) in [6, 6.07) is 1.81. The van der Waals surface area contributed by atoms with Crippen LogP contribution in [0.15, 0.2) is 36.4 Å². The van der Waals surface area contributed by atoms with E-state index in [-0.39, 0.29) is 11.8 Å². The number of imidazole rings is 1. The Bertz CT molecular complexity index is 1450. The second-order valence-corrected chi connectivity index (χ2v) is 8.09. The lowest BCUT2D eigenvalue weighted by atomic mass is 9.96. The van der Waals surface area contributed by atoms with Crippen molar-refractivity contribution in [2.24, 2.45) is 0 Å². The number of alkyl halides is 5. The number of nitrogens with zero attached hydrogens (tertiary/aromatic N) is 2. The van der Waals surface area contributed by atoms with E-state index in [1.807, 2.05) is 0 Å². The van der Waals surface area contributed by atoms with Gasteiger partial charge in [0, 0.05) is 18.2 Å². The van der Waals surface area contributed by atoms with Gasteiger partial charge >= 0.3 is 6.18 Å². The number of carbonyl (C=O) groups excluding carboxylic acids is 3. The topological polar surface area (TPSA) is 105 Å². The number of hydrogen-bond donors (Lipinski definition) is 3. The van der Waals surface area contributed by atoms with E-state index in [0.717, 1.165) is 22.8 Å². The number of rotatable bonds is 5. The molecular formula is C23H16F7N5O3. The van der Waals surface area contributed by atoms with Gasteiger partial charge in [0.05, 0.1) is 17.3 Å². The van der Waals surface area contributed by atoms with Gasteiger partial charge in [-0.05, 0) is 35.9 Å². The molecule has 1 unspecified atom stereocenters. The monoisotopic (exact) mass is 543 g/mol. The Hall–Kier alpha value is -4.43. The molecule has 1 atom stereocenters. The summed E-state index contributed by atoms with van der Waals surface area (Å²) < 4.78 is 95.8. The molecule has 0 saturated heterocycles. The molecule has 2 aromatic carbocycles. The predicted octanol–water partition coefficient (Wildman–Crippen LogP) is 3.95. The number of nitrogens with one attached hydrogen (secondary N) is 3. The number of halogens is 7. The minimum absolute atomic E-state index is 0.181. The quantitative estimate of drug-likeness (QED) is 0.424. The molecule has 4 rings (SSSR count). The molecular weight excluding hydrogens is 527 g/mol. The molecule has 0 fully saturated rings. The van der Waals surface area contributed by atoms with Crippen molar-refractivity contribution < 1.29 is 45.1 Å². The molecule has 200 valence electrons. The highest BCUT2D eigenvalue weighted by Gasteiger charge is 2.37. The van der Waals surface area contributed by atoms with E-state index in [1.54, 1.807) is 0 Å². The normalized spacial score (nSPS) is 15.2. The van der Waals surface area contributed by atoms with Crippen molar-refractivity contribution in [2.45, 2.75) is 25.2 Å². The molecule has 0 bridgehead atoms. The van der Waals surface area contributed by atoms with Crippen LogP contribution in [0.25, 0.3) is 0 Å². The molecule has 8 nitrogen and oxygen atoms in total. The first-order chi connectivity index (χ1) is 17.8. The molecule has 1 aromatic heterocycles. The third kappa shape index (κ3) is 5.03. The average molecular weight is 543 g/mol. The molecule has 2 heterocycles. The minimum Gasteiger partial charge on any atom is -0.352 e. The Morgan fingerprint density at radius 1 is 1.08 bits per heavy atom. The van der Waals surface area contributed by atoms with Crippen molar-refractivity contribution >= 4 is 23.5 Å². The zero-order chi connectivity index (χ0) is 27.9. The lowest BCUT2D eigenvalue weighted by Crippen LogP contribution is -2.41. The van der Waals surface area contributed by atoms with Crippen molar-refractivity contribution in [2.75, 3.05) is 12.4 Å². The molecule has 15 heteroatoms. The van der Waals surface area contributed by atoms with Gasteiger partial charge < -0.3 is 20.5 Å². The molecule has 0 spiro atoms. The second kappa shape index (κ2) is 9.79. The van der Waals surface area contributed by atoms with E-state index in [2.05, 4.69) is 20.9 Å². The lowest BCUT2D eigenvalue weighted by molar-refractivity contribution is -0.137. The fourth-order valence-electron chi connectivity index (χ4n) is 4.00. The van der Waals surface area contributed by atoms with Crippen molar-refractivity contribution in [3.63, 3.8) is 0 Å². The summed E-state index contributed by atoms with van der Waals surface area (Å²) in [4.78, 5) is 41.7. The predicted molar refractivity (Wildman–Crippen MR) is 116 cm³/mol. The molecule has 0 saturated carbocycles. The first-order valence-electron chi connectivity index (χ1n) is 10.7. The first-order valence-corrected chi connectivity index (χ1v) is 10.7. The van der Waals surface area contributed by atoms with Gasteiger partial charge in [0.25, 0.3) is 18.2 Å². The molecule has 0 radical (unpaired) electrons. The van der Waals surface area contributed by atoms with Crippen LogP contribution in [0.2, 0.25) is 0 Å². The van der Waals surface area contributed by atoms with Crippen LogP contribution >= 0.6 is 0 Å². The number of benzene rings is 2. The van der Waals surface area contributed by atoms with Crippen LogP contribution in [0.1, 0.15) is 55.8 Å². The van der Waals surface area contributed by atoms with E-state index in [1.165, 1.54) is 7.05 Å². The SMILES string of the molecule is CNC(=O)c1nc(NC(=O)c2cc(F)cc(C(F)(F)F)c2)c2n1CC(=O)NC2c1cc(F)ccc1C(F)F. The maximum atomic E-state index is 14.1. The molecule has 38 heavy (non-hydrogen) atoms. The molecule has 3 amide bonds. The van der Waals surface area contributed by atoms with Gasteiger partial charge in [0.1, 0.15) is 18.2 Å². The number of aromatic nitrogens is 2. The second-order valence-electron chi connectivity index (χ2n) is 8.09. The van der Waals surface area contributed by atoms with Gasteiger partial charge in [-0.3, -0.25) is 14.4 Å². The number of hydrogen-bond acceptors (Lipinski definition) is 4. The Morgan fingerprint density at radius 3 is 2.42 bits per heavy atom. The molecule has 1 aliphatic heterocycles. The van der Waals surface area contributed by atoms with Gasteiger partial charge in [-0.1, -0.05) is 6.07 Å². The highest BCUT2D eigenvalue weighted by molar-refractivity contribution is 6.05. The zero-order valence-electron chi connectivity index (χ0n) is 19.1. The fraction of sp³-hybridized carbons (Fsp3) is 0.217. The summed E-state index contributed by atoms with van der Waals surface area (Å²) in [5.74, 6) is -6.20. The highest BCUT2D eigenvalue weighted by atomic mass is 19.4. The van der Waals surface area contributed by atoms with Crippen LogP contribution in [0, 0.1) is 11.6 Å². The van der Waals surface area contributed by atoms with Gasteiger partial charge in [0.15, 0.2) is 5.82 Å². The summed E-state index contributed by atoms with van der Waals surface area (Å²) >= 11 is 0. The van der Waals surface area contributed by atoms with Crippen molar-refractivity contribution in [1.29, 1.82) is 0 Å². The Balaban J connectivity index is 1.87. The maximum absolute atomic E-state index is 14.1. The van der Waals surface area contributed by atoms with Crippen LogP contribution in [0.5, 0.6) is 0 Å². The van der Waals surface area contributed by atoms with Gasteiger partial charge in [-0.25, -0.2) is 22.5 Å². The number of anilines is 1.